The molecular weight excluding hydrogens is 467 g/mol. The van der Waals surface area contributed by atoms with Crippen LogP contribution in [0.25, 0.3) is 11.0 Å². The molecule has 0 saturated heterocycles. The second kappa shape index (κ2) is 8.17. The van der Waals surface area contributed by atoms with E-state index in [-0.39, 0.29) is 43.9 Å². The Morgan fingerprint density at radius 1 is 0.875 bits per heavy atom. The van der Waals surface area contributed by atoms with Gasteiger partial charge in [0.05, 0.1) is 26.2 Å². The Balaban J connectivity index is 1.87. The number of aromatic nitrogens is 2. The largest absolute Gasteiger partial charge is 0.508 e. The zero-order valence-corrected chi connectivity index (χ0v) is 17.1. The first kappa shape index (κ1) is 21.1. The normalized spacial score (nSPS) is 10.8. The van der Waals surface area contributed by atoms with Crippen LogP contribution in [0.1, 0.15) is 0 Å². The van der Waals surface area contributed by atoms with Gasteiger partial charge in [-0.2, -0.15) is 0 Å². The third-order valence-corrected chi connectivity index (χ3v) is 4.94. The molecule has 14 heteroatoms. The van der Waals surface area contributed by atoms with Gasteiger partial charge in [0.1, 0.15) is 16.5 Å². The molecule has 4 rings (SSSR count). The molecule has 12 nitrogen and oxygen atoms in total. The maximum absolute atomic E-state index is 11.8. The monoisotopic (exact) mass is 476 g/mol. The lowest BCUT2D eigenvalue weighted by molar-refractivity contribution is -0.384. The topological polar surface area (TPSA) is 169 Å². The summed E-state index contributed by atoms with van der Waals surface area (Å²) in [5, 5.41) is 45.5. The Labute approximate surface area is 187 Å². The highest BCUT2D eigenvalue weighted by Crippen LogP contribution is 2.42. The van der Waals surface area contributed by atoms with Crippen LogP contribution in [-0.2, 0) is 0 Å². The van der Waals surface area contributed by atoms with Crippen LogP contribution in [0.15, 0.2) is 47.1 Å². The van der Waals surface area contributed by atoms with Crippen molar-refractivity contribution in [3.05, 3.63) is 72.7 Å². The van der Waals surface area contributed by atoms with Gasteiger partial charge < -0.3 is 15.7 Å². The Hall–Kier alpha value is -4.16. The Morgan fingerprint density at radius 2 is 1.62 bits per heavy atom. The van der Waals surface area contributed by atoms with Crippen LogP contribution in [0, 0.1) is 20.2 Å². The van der Waals surface area contributed by atoms with Crippen molar-refractivity contribution in [3.63, 3.8) is 0 Å². The SMILES string of the molecule is O=[N+]([O-])c1cc(Nc2cc(Nc3cccc(O)c3)c3nonc3c2[N+](=O)[O-])c(Cl)cc1Cl. The molecule has 1 heterocycles. The number of nitro benzene ring substituents is 2. The molecule has 0 aliphatic rings. The number of nitrogens with zero attached hydrogens (tertiary/aromatic N) is 4. The van der Waals surface area contributed by atoms with E-state index in [1.54, 1.807) is 12.1 Å². The zero-order chi connectivity index (χ0) is 23.0. The van der Waals surface area contributed by atoms with E-state index in [0.717, 1.165) is 12.1 Å². The van der Waals surface area contributed by atoms with Crippen LogP contribution in [-0.4, -0.2) is 25.3 Å². The molecule has 4 aromatic rings. The molecule has 0 saturated carbocycles. The van der Waals surface area contributed by atoms with E-state index < -0.39 is 21.2 Å². The van der Waals surface area contributed by atoms with Crippen molar-refractivity contribution in [1.82, 2.24) is 10.3 Å². The van der Waals surface area contributed by atoms with Crippen LogP contribution < -0.4 is 10.6 Å². The van der Waals surface area contributed by atoms with Crippen LogP contribution in [0.5, 0.6) is 5.75 Å². The highest BCUT2D eigenvalue weighted by Gasteiger charge is 2.27. The lowest BCUT2D eigenvalue weighted by atomic mass is 10.1. The number of fused-ring (bicyclic) bond motifs is 1. The molecule has 3 N–H and O–H groups in total. The summed E-state index contributed by atoms with van der Waals surface area (Å²) in [4.78, 5) is 21.6. The highest BCUT2D eigenvalue weighted by molar-refractivity contribution is 6.37. The molecular formula is C18H10Cl2N6O6. The van der Waals surface area contributed by atoms with E-state index >= 15 is 0 Å². The third-order valence-electron chi connectivity index (χ3n) is 4.32. The van der Waals surface area contributed by atoms with Gasteiger partial charge in [-0.05, 0) is 34.6 Å². The highest BCUT2D eigenvalue weighted by atomic mass is 35.5. The van der Waals surface area contributed by atoms with E-state index in [2.05, 4.69) is 20.9 Å². The molecule has 0 unspecified atom stereocenters. The van der Waals surface area contributed by atoms with Gasteiger partial charge in [-0.15, -0.1) is 0 Å². The second-order valence-corrected chi connectivity index (χ2v) is 7.19. The van der Waals surface area contributed by atoms with Crippen molar-refractivity contribution in [1.29, 1.82) is 0 Å². The number of rotatable bonds is 6. The lowest BCUT2D eigenvalue weighted by Gasteiger charge is -2.13. The third kappa shape index (κ3) is 3.91. The summed E-state index contributed by atoms with van der Waals surface area (Å²) >= 11 is 12.0. The van der Waals surface area contributed by atoms with Crippen molar-refractivity contribution in [2.75, 3.05) is 10.6 Å². The first-order valence-electron chi connectivity index (χ1n) is 8.64. The van der Waals surface area contributed by atoms with E-state index in [9.17, 15) is 25.3 Å². The molecule has 3 aromatic carbocycles. The summed E-state index contributed by atoms with van der Waals surface area (Å²) in [5.74, 6) is -0.00922. The lowest BCUT2D eigenvalue weighted by Crippen LogP contribution is -2.02. The summed E-state index contributed by atoms with van der Waals surface area (Å²) in [7, 11) is 0. The number of phenolic OH excluding ortho intramolecular Hbond substituents is 1. The molecule has 0 aliphatic carbocycles. The number of anilines is 4. The number of halogens is 2. The molecule has 0 amide bonds. The molecule has 32 heavy (non-hydrogen) atoms. The summed E-state index contributed by atoms with van der Waals surface area (Å²) in [5.41, 5.74) is -0.445. The summed E-state index contributed by atoms with van der Waals surface area (Å²) in [6.07, 6.45) is 0. The Kier molecular flexibility index (Phi) is 5.38. The Morgan fingerprint density at radius 3 is 2.31 bits per heavy atom. The average Bonchev–Trinajstić information content (AvgIpc) is 3.19. The molecule has 0 atom stereocenters. The number of aromatic hydroxyl groups is 1. The van der Waals surface area contributed by atoms with E-state index in [1.807, 2.05) is 0 Å². The van der Waals surface area contributed by atoms with Gasteiger partial charge in [0.25, 0.3) is 5.69 Å². The summed E-state index contributed by atoms with van der Waals surface area (Å²) in [6, 6.07) is 9.68. The molecule has 0 aliphatic heterocycles. The number of hydrogen-bond donors (Lipinski definition) is 3. The quantitative estimate of drug-likeness (QED) is 0.237. The van der Waals surface area contributed by atoms with Crippen LogP contribution in [0.3, 0.4) is 0 Å². The van der Waals surface area contributed by atoms with Gasteiger partial charge in [0, 0.05) is 17.8 Å². The maximum atomic E-state index is 11.8. The van der Waals surface area contributed by atoms with Gasteiger partial charge in [-0.3, -0.25) is 20.2 Å². The number of phenols is 1. The van der Waals surface area contributed by atoms with E-state index in [0.29, 0.717) is 5.69 Å². The van der Waals surface area contributed by atoms with Gasteiger partial charge in [-0.1, -0.05) is 29.3 Å². The minimum atomic E-state index is -0.710. The first-order chi connectivity index (χ1) is 15.2. The van der Waals surface area contributed by atoms with Gasteiger partial charge in [0.2, 0.25) is 5.52 Å². The van der Waals surface area contributed by atoms with Gasteiger partial charge in [0.15, 0.2) is 5.52 Å². The fourth-order valence-corrected chi connectivity index (χ4v) is 3.46. The smallest absolute Gasteiger partial charge is 0.324 e. The molecule has 0 fully saturated rings. The predicted octanol–water partition coefficient (Wildman–Crippen LogP) is 5.54. The van der Waals surface area contributed by atoms with Crippen LogP contribution >= 0.6 is 23.2 Å². The number of hydrogen-bond acceptors (Lipinski definition) is 10. The van der Waals surface area contributed by atoms with E-state index in [4.69, 9.17) is 27.8 Å². The van der Waals surface area contributed by atoms with Crippen molar-refractivity contribution in [3.8, 4) is 5.75 Å². The molecule has 0 bridgehead atoms. The standard InChI is InChI=1S/C18H10Cl2N6O6/c19-10-5-11(20)15(25(28)29)7-12(10)22-14-6-13(21-8-2-1-3-9(27)4-8)16-17(24-32-23-16)18(14)26(30)31/h1-7,21-22,27H. The molecule has 1 aromatic heterocycles. The fourth-order valence-electron chi connectivity index (χ4n) is 2.96. The molecule has 0 radical (unpaired) electrons. The minimum Gasteiger partial charge on any atom is -0.508 e. The van der Waals surface area contributed by atoms with Crippen molar-refractivity contribution >= 4 is 68.4 Å². The second-order valence-electron chi connectivity index (χ2n) is 6.38. The number of nitrogens with one attached hydrogen (secondary N) is 2. The maximum Gasteiger partial charge on any atom is 0.324 e. The van der Waals surface area contributed by atoms with Crippen molar-refractivity contribution in [2.45, 2.75) is 0 Å². The zero-order valence-electron chi connectivity index (χ0n) is 15.6. The fraction of sp³-hybridized carbons (Fsp3) is 0. The minimum absolute atomic E-state index is 0.00392. The van der Waals surface area contributed by atoms with Crippen molar-refractivity contribution in [2.24, 2.45) is 0 Å². The molecule has 162 valence electrons. The predicted molar refractivity (Wildman–Crippen MR) is 116 cm³/mol. The number of benzene rings is 3. The van der Waals surface area contributed by atoms with Crippen molar-refractivity contribution < 1.29 is 19.6 Å². The van der Waals surface area contributed by atoms with Gasteiger partial charge >= 0.3 is 5.69 Å². The Bertz CT molecular complexity index is 1390. The number of nitro groups is 2. The molecule has 0 spiro atoms. The van der Waals surface area contributed by atoms with Crippen LogP contribution in [0.2, 0.25) is 10.0 Å². The van der Waals surface area contributed by atoms with Gasteiger partial charge in [-0.25, -0.2) is 4.63 Å². The summed E-state index contributed by atoms with van der Waals surface area (Å²) in [6.45, 7) is 0. The first-order valence-corrected chi connectivity index (χ1v) is 9.40. The summed E-state index contributed by atoms with van der Waals surface area (Å²) < 4.78 is 4.70. The van der Waals surface area contributed by atoms with Crippen LogP contribution in [0.4, 0.5) is 34.1 Å². The average molecular weight is 477 g/mol. The van der Waals surface area contributed by atoms with E-state index in [1.165, 1.54) is 18.2 Å².